The van der Waals surface area contributed by atoms with Crippen molar-refractivity contribution in [2.24, 2.45) is 0 Å². The summed E-state index contributed by atoms with van der Waals surface area (Å²) in [5, 5.41) is 22.9. The molecule has 0 saturated carbocycles. The van der Waals surface area contributed by atoms with Crippen LogP contribution in [-0.2, 0) is 0 Å². The Balaban J connectivity index is 2.50. The molecule has 1 aromatic heterocycles. The highest BCUT2D eigenvalue weighted by Gasteiger charge is 2.19. The number of rotatable bonds is 4. The van der Waals surface area contributed by atoms with E-state index in [-0.39, 0.29) is 17.2 Å². The molecule has 0 saturated heterocycles. The van der Waals surface area contributed by atoms with Gasteiger partial charge in [0.25, 0.3) is 0 Å². The van der Waals surface area contributed by atoms with Crippen LogP contribution in [0, 0.1) is 10.1 Å². The number of hydrogen-bond acceptors (Lipinski definition) is 5. The highest BCUT2D eigenvalue weighted by Crippen LogP contribution is 2.31. The number of nitrogens with zero attached hydrogens (tertiary/aromatic N) is 2. The molecule has 7 nitrogen and oxygen atoms in total. The molecule has 0 amide bonds. The largest absolute Gasteiger partial charge is 0.477 e. The van der Waals surface area contributed by atoms with Gasteiger partial charge in [0.05, 0.1) is 15.6 Å². The minimum atomic E-state index is -1.28. The second kappa shape index (κ2) is 6.06. The van der Waals surface area contributed by atoms with Crippen molar-refractivity contribution >= 4 is 50.7 Å². The van der Waals surface area contributed by atoms with Crippen LogP contribution in [0.1, 0.15) is 10.5 Å². The van der Waals surface area contributed by atoms with Gasteiger partial charge < -0.3 is 10.4 Å². The highest BCUT2D eigenvalue weighted by atomic mass is 79.9. The van der Waals surface area contributed by atoms with Gasteiger partial charge in [-0.15, -0.1) is 0 Å². The monoisotopic (exact) mass is 371 g/mol. The average Bonchev–Trinajstić information content (AvgIpc) is 2.42. The molecular formula is C12H7BrClN3O4. The first-order chi connectivity index (χ1) is 9.88. The number of nitro groups is 1. The lowest BCUT2D eigenvalue weighted by molar-refractivity contribution is -0.384. The van der Waals surface area contributed by atoms with Crippen molar-refractivity contribution in [2.45, 2.75) is 0 Å². The average molecular weight is 373 g/mol. The molecule has 1 aromatic carbocycles. The summed E-state index contributed by atoms with van der Waals surface area (Å²) in [4.78, 5) is 25.0. The topological polar surface area (TPSA) is 105 Å². The molecular weight excluding hydrogens is 366 g/mol. The Bertz CT molecular complexity index is 738. The third-order valence-electron chi connectivity index (χ3n) is 2.47. The number of aromatic nitrogens is 1. The minimum Gasteiger partial charge on any atom is -0.477 e. The maximum Gasteiger partial charge on any atom is 0.354 e. The zero-order valence-electron chi connectivity index (χ0n) is 10.2. The Morgan fingerprint density at radius 3 is 2.71 bits per heavy atom. The zero-order valence-corrected chi connectivity index (χ0v) is 12.6. The first-order valence-corrected chi connectivity index (χ1v) is 6.66. The van der Waals surface area contributed by atoms with Crippen LogP contribution in [-0.4, -0.2) is 21.0 Å². The van der Waals surface area contributed by atoms with Crippen molar-refractivity contribution in [2.75, 3.05) is 5.32 Å². The maximum atomic E-state index is 11.0. The molecule has 2 rings (SSSR count). The van der Waals surface area contributed by atoms with Gasteiger partial charge in [0.2, 0.25) is 5.82 Å². The van der Waals surface area contributed by atoms with Crippen molar-refractivity contribution in [3.05, 3.63) is 55.6 Å². The van der Waals surface area contributed by atoms with Crippen molar-refractivity contribution < 1.29 is 14.8 Å². The van der Waals surface area contributed by atoms with E-state index in [4.69, 9.17) is 16.7 Å². The molecule has 1 heterocycles. The van der Waals surface area contributed by atoms with Gasteiger partial charge in [0.15, 0.2) is 5.69 Å². The summed E-state index contributed by atoms with van der Waals surface area (Å²) >= 11 is 9.23. The number of carboxylic acids is 1. The number of carboxylic acid groups (broad SMARTS) is 1. The fourth-order valence-corrected chi connectivity index (χ4v) is 2.06. The van der Waals surface area contributed by atoms with Gasteiger partial charge in [-0.05, 0) is 24.3 Å². The number of anilines is 2. The van der Waals surface area contributed by atoms with E-state index >= 15 is 0 Å². The lowest BCUT2D eigenvalue weighted by Crippen LogP contribution is -2.06. The van der Waals surface area contributed by atoms with Crippen LogP contribution >= 0.6 is 27.5 Å². The molecule has 0 unspecified atom stereocenters. The summed E-state index contributed by atoms with van der Waals surface area (Å²) < 4.78 is 0.700. The SMILES string of the molecule is O=C(O)c1ccc([N+](=O)[O-])c(Nc2cc(Br)ccc2Cl)n1. The number of pyridine rings is 1. The molecule has 2 N–H and O–H groups in total. The third-order valence-corrected chi connectivity index (χ3v) is 3.29. The van der Waals surface area contributed by atoms with Gasteiger partial charge in [-0.2, -0.15) is 0 Å². The molecule has 0 bridgehead atoms. The van der Waals surface area contributed by atoms with Crippen LogP contribution in [0.3, 0.4) is 0 Å². The predicted molar refractivity (Wildman–Crippen MR) is 80.3 cm³/mol. The molecule has 0 aliphatic carbocycles. The fraction of sp³-hybridized carbons (Fsp3) is 0. The minimum absolute atomic E-state index is 0.195. The Kier molecular flexibility index (Phi) is 4.39. The zero-order chi connectivity index (χ0) is 15.6. The van der Waals surface area contributed by atoms with E-state index in [2.05, 4.69) is 26.2 Å². The van der Waals surface area contributed by atoms with Crippen LogP contribution in [0.4, 0.5) is 17.2 Å². The van der Waals surface area contributed by atoms with Crippen LogP contribution in [0.25, 0.3) is 0 Å². The first-order valence-electron chi connectivity index (χ1n) is 5.49. The van der Waals surface area contributed by atoms with Gasteiger partial charge in [-0.1, -0.05) is 27.5 Å². The summed E-state index contributed by atoms with van der Waals surface area (Å²) in [6.07, 6.45) is 0. The molecule has 21 heavy (non-hydrogen) atoms. The van der Waals surface area contributed by atoms with Gasteiger partial charge in [-0.25, -0.2) is 9.78 Å². The summed E-state index contributed by atoms with van der Waals surface area (Å²) in [6.45, 7) is 0. The number of hydrogen-bond donors (Lipinski definition) is 2. The standard InChI is InChI=1S/C12H7BrClN3O4/c13-6-1-2-7(14)9(5-6)16-11-10(17(20)21)4-3-8(15-11)12(18)19/h1-5H,(H,15,16)(H,18,19). The summed E-state index contributed by atoms with van der Waals surface area (Å²) in [6, 6.07) is 7.02. The lowest BCUT2D eigenvalue weighted by atomic mass is 10.3. The predicted octanol–water partition coefficient (Wildman–Crippen LogP) is 3.85. The van der Waals surface area contributed by atoms with Crippen molar-refractivity contribution in [3.63, 3.8) is 0 Å². The molecule has 0 radical (unpaired) electrons. The summed E-state index contributed by atoms with van der Waals surface area (Å²) in [5.41, 5.74) is -0.297. The maximum absolute atomic E-state index is 11.0. The van der Waals surface area contributed by atoms with E-state index < -0.39 is 10.9 Å². The van der Waals surface area contributed by atoms with E-state index in [9.17, 15) is 14.9 Å². The Morgan fingerprint density at radius 1 is 1.38 bits per heavy atom. The van der Waals surface area contributed by atoms with E-state index in [0.29, 0.717) is 15.2 Å². The van der Waals surface area contributed by atoms with E-state index in [0.717, 1.165) is 12.1 Å². The number of benzene rings is 1. The number of halogens is 2. The molecule has 108 valence electrons. The number of aromatic carboxylic acids is 1. The number of nitrogens with one attached hydrogen (secondary N) is 1. The van der Waals surface area contributed by atoms with Crippen LogP contribution in [0.2, 0.25) is 5.02 Å². The van der Waals surface area contributed by atoms with E-state index in [1.165, 1.54) is 0 Å². The van der Waals surface area contributed by atoms with Gasteiger partial charge >= 0.3 is 11.7 Å². The third kappa shape index (κ3) is 3.47. The summed E-state index contributed by atoms with van der Waals surface area (Å²) in [7, 11) is 0. The Morgan fingerprint density at radius 2 is 2.10 bits per heavy atom. The van der Waals surface area contributed by atoms with E-state index in [1.807, 2.05) is 0 Å². The molecule has 0 spiro atoms. The van der Waals surface area contributed by atoms with E-state index in [1.54, 1.807) is 18.2 Å². The van der Waals surface area contributed by atoms with Crippen molar-refractivity contribution in [1.29, 1.82) is 0 Å². The second-order valence-corrected chi connectivity index (χ2v) is 5.20. The molecule has 9 heteroatoms. The quantitative estimate of drug-likeness (QED) is 0.624. The smallest absolute Gasteiger partial charge is 0.354 e. The van der Waals surface area contributed by atoms with Gasteiger partial charge in [0.1, 0.15) is 0 Å². The van der Waals surface area contributed by atoms with Gasteiger partial charge in [-0.3, -0.25) is 10.1 Å². The number of carbonyl (C=O) groups is 1. The molecule has 0 fully saturated rings. The molecule has 0 aliphatic heterocycles. The van der Waals surface area contributed by atoms with Crippen LogP contribution < -0.4 is 5.32 Å². The molecule has 2 aromatic rings. The second-order valence-electron chi connectivity index (χ2n) is 3.88. The molecule has 0 aliphatic rings. The normalized spacial score (nSPS) is 10.2. The fourth-order valence-electron chi connectivity index (χ4n) is 1.53. The van der Waals surface area contributed by atoms with Gasteiger partial charge in [0, 0.05) is 10.5 Å². The highest BCUT2D eigenvalue weighted by molar-refractivity contribution is 9.10. The lowest BCUT2D eigenvalue weighted by Gasteiger charge is -2.09. The van der Waals surface area contributed by atoms with Crippen molar-refractivity contribution in [1.82, 2.24) is 4.98 Å². The Hall–Kier alpha value is -2.19. The van der Waals surface area contributed by atoms with Crippen LogP contribution in [0.5, 0.6) is 0 Å². The van der Waals surface area contributed by atoms with Crippen molar-refractivity contribution in [3.8, 4) is 0 Å². The first kappa shape index (κ1) is 15.2. The molecule has 0 atom stereocenters. The van der Waals surface area contributed by atoms with Crippen LogP contribution in [0.15, 0.2) is 34.8 Å². The summed E-state index contributed by atoms with van der Waals surface area (Å²) in [5.74, 6) is -1.48. The Labute approximate surface area is 131 Å².